The molecule has 1 heterocycles. The lowest BCUT2D eigenvalue weighted by Gasteiger charge is -2.07. The molecule has 0 saturated heterocycles. The van der Waals surface area contributed by atoms with Crippen LogP contribution in [-0.4, -0.2) is 15.4 Å². The van der Waals surface area contributed by atoms with Crippen LogP contribution in [0, 0.1) is 11.7 Å². The average molecular weight is 287 g/mol. The third-order valence-electron chi connectivity index (χ3n) is 3.33. The molecule has 1 aliphatic rings. The molecule has 2 nitrogen and oxygen atoms in total. The van der Waals surface area contributed by atoms with E-state index in [1.54, 1.807) is 6.07 Å². The van der Waals surface area contributed by atoms with Gasteiger partial charge in [-0.15, -0.1) is 11.6 Å². The Bertz CT molecular complexity index is 590. The molecule has 0 amide bonds. The van der Waals surface area contributed by atoms with Crippen molar-refractivity contribution in [1.29, 1.82) is 0 Å². The number of hydrogen-bond donors (Lipinski definition) is 0. The molecule has 0 aliphatic heterocycles. The molecular formula is C13H13Cl2FN2. The van der Waals surface area contributed by atoms with Gasteiger partial charge in [-0.25, -0.2) is 9.37 Å². The first-order valence-corrected chi connectivity index (χ1v) is 7.00. The van der Waals surface area contributed by atoms with E-state index in [1.807, 2.05) is 0 Å². The van der Waals surface area contributed by atoms with Gasteiger partial charge in [0, 0.05) is 24.9 Å². The normalized spacial score (nSPS) is 15.5. The number of rotatable bonds is 4. The third-order valence-corrected chi connectivity index (χ3v) is 3.80. The van der Waals surface area contributed by atoms with Gasteiger partial charge in [-0.3, -0.25) is 0 Å². The third kappa shape index (κ3) is 2.21. The fraction of sp³-hybridized carbons (Fsp3) is 0.462. The van der Waals surface area contributed by atoms with Gasteiger partial charge in [0.05, 0.1) is 16.1 Å². The molecule has 1 aromatic heterocycles. The summed E-state index contributed by atoms with van der Waals surface area (Å²) in [4.78, 5) is 4.47. The zero-order chi connectivity index (χ0) is 12.7. The molecular weight excluding hydrogens is 274 g/mol. The number of imidazole rings is 1. The lowest BCUT2D eigenvalue weighted by molar-refractivity contribution is 0.614. The van der Waals surface area contributed by atoms with Crippen LogP contribution in [0.15, 0.2) is 12.1 Å². The Balaban J connectivity index is 2.13. The Labute approximate surface area is 115 Å². The van der Waals surface area contributed by atoms with Crippen LogP contribution >= 0.6 is 23.2 Å². The molecule has 0 spiro atoms. The van der Waals surface area contributed by atoms with Crippen molar-refractivity contribution in [2.24, 2.45) is 5.92 Å². The highest BCUT2D eigenvalue weighted by Crippen LogP contribution is 2.33. The van der Waals surface area contributed by atoms with E-state index in [4.69, 9.17) is 23.2 Å². The van der Waals surface area contributed by atoms with Gasteiger partial charge < -0.3 is 4.57 Å². The number of nitrogens with zero attached hydrogens (tertiary/aromatic N) is 2. The fourth-order valence-corrected chi connectivity index (χ4v) is 2.53. The molecule has 1 saturated carbocycles. The predicted molar refractivity (Wildman–Crippen MR) is 71.8 cm³/mol. The topological polar surface area (TPSA) is 17.8 Å². The van der Waals surface area contributed by atoms with Crippen molar-refractivity contribution in [3.63, 3.8) is 0 Å². The minimum atomic E-state index is -0.419. The van der Waals surface area contributed by atoms with E-state index in [0.29, 0.717) is 17.8 Å². The van der Waals surface area contributed by atoms with Crippen molar-refractivity contribution < 1.29 is 4.39 Å². The van der Waals surface area contributed by atoms with Crippen molar-refractivity contribution in [1.82, 2.24) is 9.55 Å². The van der Waals surface area contributed by atoms with Crippen molar-refractivity contribution >= 4 is 34.2 Å². The van der Waals surface area contributed by atoms with Crippen LogP contribution in [0.3, 0.4) is 0 Å². The molecule has 18 heavy (non-hydrogen) atoms. The minimum absolute atomic E-state index is 0.150. The zero-order valence-corrected chi connectivity index (χ0v) is 11.3. The molecule has 0 bridgehead atoms. The van der Waals surface area contributed by atoms with Crippen molar-refractivity contribution in [3.8, 4) is 0 Å². The maximum Gasteiger partial charge on any atom is 0.144 e. The molecule has 0 unspecified atom stereocenters. The molecule has 0 atom stereocenters. The molecule has 1 aromatic carbocycles. The highest BCUT2D eigenvalue weighted by molar-refractivity contribution is 6.31. The number of fused-ring (bicyclic) bond motifs is 1. The largest absolute Gasteiger partial charge is 0.328 e. The van der Waals surface area contributed by atoms with Gasteiger partial charge in [-0.1, -0.05) is 11.6 Å². The summed E-state index contributed by atoms with van der Waals surface area (Å²) in [5.41, 5.74) is 1.58. The second kappa shape index (κ2) is 4.71. The monoisotopic (exact) mass is 286 g/mol. The van der Waals surface area contributed by atoms with Crippen LogP contribution in [0.25, 0.3) is 11.0 Å². The van der Waals surface area contributed by atoms with Crippen molar-refractivity contribution in [3.05, 3.63) is 28.8 Å². The number of halogens is 3. The first-order valence-electron chi connectivity index (χ1n) is 6.09. The average Bonchev–Trinajstić information content (AvgIpc) is 3.09. The van der Waals surface area contributed by atoms with E-state index in [-0.39, 0.29) is 5.02 Å². The van der Waals surface area contributed by atoms with E-state index in [1.165, 1.54) is 18.9 Å². The maximum atomic E-state index is 13.4. The van der Waals surface area contributed by atoms with Crippen LogP contribution < -0.4 is 0 Å². The lowest BCUT2D eigenvalue weighted by Crippen LogP contribution is -2.06. The van der Waals surface area contributed by atoms with Crippen LogP contribution in [0.2, 0.25) is 5.02 Å². The Hall–Kier alpha value is -0.800. The molecule has 1 fully saturated rings. The fourth-order valence-electron chi connectivity index (χ4n) is 2.21. The Kier molecular flexibility index (Phi) is 3.20. The first kappa shape index (κ1) is 12.2. The van der Waals surface area contributed by atoms with E-state index in [9.17, 15) is 4.39 Å². The Morgan fingerprint density at radius 3 is 2.83 bits per heavy atom. The Morgan fingerprint density at radius 2 is 2.17 bits per heavy atom. The number of benzene rings is 1. The van der Waals surface area contributed by atoms with Crippen LogP contribution in [0.4, 0.5) is 4.39 Å². The van der Waals surface area contributed by atoms with E-state index < -0.39 is 5.82 Å². The van der Waals surface area contributed by atoms with Crippen LogP contribution in [0.5, 0.6) is 0 Å². The number of aryl methyl sites for hydroxylation is 1. The van der Waals surface area contributed by atoms with Gasteiger partial charge in [0.2, 0.25) is 0 Å². The molecule has 3 rings (SSSR count). The van der Waals surface area contributed by atoms with Crippen LogP contribution in [-0.2, 0) is 13.0 Å². The summed E-state index contributed by atoms with van der Waals surface area (Å²) >= 11 is 11.7. The Morgan fingerprint density at radius 1 is 1.39 bits per heavy atom. The molecule has 5 heteroatoms. The smallest absolute Gasteiger partial charge is 0.144 e. The van der Waals surface area contributed by atoms with E-state index in [0.717, 1.165) is 23.8 Å². The second-order valence-corrected chi connectivity index (χ2v) is 5.56. The first-order chi connectivity index (χ1) is 8.69. The quantitative estimate of drug-likeness (QED) is 0.777. The highest BCUT2D eigenvalue weighted by Gasteiger charge is 2.24. The maximum absolute atomic E-state index is 13.4. The summed E-state index contributed by atoms with van der Waals surface area (Å²) in [7, 11) is 0. The highest BCUT2D eigenvalue weighted by atomic mass is 35.5. The zero-order valence-electron chi connectivity index (χ0n) is 9.80. The predicted octanol–water partition coefficient (Wildman–Crippen LogP) is 4.02. The van der Waals surface area contributed by atoms with Crippen LogP contribution in [0.1, 0.15) is 18.7 Å². The minimum Gasteiger partial charge on any atom is -0.328 e. The van der Waals surface area contributed by atoms with Gasteiger partial charge in [0.15, 0.2) is 0 Å². The lowest BCUT2D eigenvalue weighted by atomic mass is 10.3. The van der Waals surface area contributed by atoms with Gasteiger partial charge in [0.25, 0.3) is 0 Å². The van der Waals surface area contributed by atoms with Gasteiger partial charge in [-0.2, -0.15) is 0 Å². The summed E-state index contributed by atoms with van der Waals surface area (Å²) in [6, 6.07) is 3.07. The number of hydrogen-bond acceptors (Lipinski definition) is 1. The molecule has 2 aromatic rings. The summed E-state index contributed by atoms with van der Waals surface area (Å²) in [5, 5.41) is 0.150. The number of aromatic nitrogens is 2. The molecule has 1 aliphatic carbocycles. The summed E-state index contributed by atoms with van der Waals surface area (Å²) in [6.45, 7) is 0.935. The summed E-state index contributed by atoms with van der Waals surface area (Å²) < 4.78 is 15.6. The SMILES string of the molecule is Fc1cc2nc(CCCl)n(CC3CC3)c2cc1Cl. The van der Waals surface area contributed by atoms with Gasteiger partial charge in [0.1, 0.15) is 11.6 Å². The van der Waals surface area contributed by atoms with Crippen molar-refractivity contribution in [2.75, 3.05) is 5.88 Å². The van der Waals surface area contributed by atoms with E-state index in [2.05, 4.69) is 9.55 Å². The molecule has 0 N–H and O–H groups in total. The summed E-state index contributed by atoms with van der Waals surface area (Å²) in [6.07, 6.45) is 3.21. The summed E-state index contributed by atoms with van der Waals surface area (Å²) in [5.74, 6) is 1.75. The number of alkyl halides is 1. The molecule has 0 radical (unpaired) electrons. The van der Waals surface area contributed by atoms with E-state index >= 15 is 0 Å². The second-order valence-electron chi connectivity index (χ2n) is 4.78. The van der Waals surface area contributed by atoms with Gasteiger partial charge in [-0.05, 0) is 24.8 Å². The van der Waals surface area contributed by atoms with Crippen molar-refractivity contribution in [2.45, 2.75) is 25.8 Å². The molecule has 96 valence electrons. The standard InChI is InChI=1S/C13H13Cl2FN2/c14-4-3-13-17-11-6-10(16)9(15)5-12(11)18(13)7-8-1-2-8/h5-6,8H,1-4,7H2. The van der Waals surface area contributed by atoms with Gasteiger partial charge >= 0.3 is 0 Å².